The number of para-hydroxylation sites is 2. The Morgan fingerprint density at radius 1 is 1.31 bits per heavy atom. The van der Waals surface area contributed by atoms with Crippen molar-refractivity contribution in [2.45, 2.75) is 45.7 Å². The van der Waals surface area contributed by atoms with Crippen molar-refractivity contribution in [1.82, 2.24) is 19.8 Å². The first kappa shape index (κ1) is 28.2. The summed E-state index contributed by atoms with van der Waals surface area (Å²) in [5.41, 5.74) is 1.83. The Balaban J connectivity index is 0.00000256. The van der Waals surface area contributed by atoms with Crippen LogP contribution in [0.3, 0.4) is 0 Å². The number of halogens is 2. The van der Waals surface area contributed by atoms with Gasteiger partial charge in [-0.2, -0.15) is 5.26 Å². The minimum atomic E-state index is -0.0703. The first-order chi connectivity index (χ1) is 14.5. The standard InChI is InChI=1S/C23H33N5O2.2ClH/c1-17(2)16-28(19-12-18(13-24)14-25-15-19)23(29)22-26-20-8-4-5-9-21(20)27(22)10-6-7-11-30-3;;/h4-5,8-9,17-19,25H,6-7,10-12,14-16H2,1-3H3;2*1H/t18?,19-;;/m0../s1. The van der Waals surface area contributed by atoms with Gasteiger partial charge >= 0.3 is 0 Å². The van der Waals surface area contributed by atoms with Crippen LogP contribution in [-0.2, 0) is 11.3 Å². The van der Waals surface area contributed by atoms with E-state index in [2.05, 4.69) is 29.8 Å². The number of unbranched alkanes of at least 4 members (excludes halogenated alkanes) is 1. The number of nitrogens with one attached hydrogen (secondary N) is 1. The maximum atomic E-state index is 13.8. The van der Waals surface area contributed by atoms with Crippen molar-refractivity contribution in [3.63, 3.8) is 0 Å². The number of nitriles is 1. The van der Waals surface area contributed by atoms with Gasteiger partial charge in [0.1, 0.15) is 0 Å². The molecule has 0 spiro atoms. The largest absolute Gasteiger partial charge is 0.385 e. The zero-order chi connectivity index (χ0) is 21.5. The number of ether oxygens (including phenoxy) is 1. The summed E-state index contributed by atoms with van der Waals surface area (Å²) in [6, 6.07) is 10.3. The van der Waals surface area contributed by atoms with E-state index in [1.165, 1.54) is 0 Å². The molecule has 1 amide bonds. The normalized spacial score (nSPS) is 18.0. The Hall–Kier alpha value is -1.85. The van der Waals surface area contributed by atoms with Crippen LogP contribution in [0.1, 0.15) is 43.7 Å². The molecular weight excluding hydrogens is 449 g/mol. The number of hydrogen-bond donors (Lipinski definition) is 1. The molecule has 32 heavy (non-hydrogen) atoms. The van der Waals surface area contributed by atoms with Gasteiger partial charge in [0.25, 0.3) is 5.91 Å². The summed E-state index contributed by atoms with van der Waals surface area (Å²) in [4.78, 5) is 20.4. The molecule has 0 saturated carbocycles. The summed E-state index contributed by atoms with van der Waals surface area (Å²) in [5, 5.41) is 12.7. The molecule has 178 valence electrons. The molecule has 2 aromatic rings. The Bertz CT molecular complexity index is 896. The van der Waals surface area contributed by atoms with Gasteiger partial charge in [0.2, 0.25) is 0 Å². The summed E-state index contributed by atoms with van der Waals surface area (Å²) in [6.45, 7) is 7.72. The first-order valence-corrected chi connectivity index (χ1v) is 10.9. The number of benzene rings is 1. The van der Waals surface area contributed by atoms with Crippen LogP contribution in [0.25, 0.3) is 11.0 Å². The SMILES string of the molecule is COCCCCn1c(C(=O)N(CC(C)C)[C@@H]2CNCC(C#N)C2)nc2ccccc21.Cl.Cl. The van der Waals surface area contributed by atoms with E-state index in [4.69, 9.17) is 9.72 Å². The van der Waals surface area contributed by atoms with E-state index in [1.54, 1.807) is 7.11 Å². The highest BCUT2D eigenvalue weighted by molar-refractivity contribution is 5.95. The van der Waals surface area contributed by atoms with E-state index < -0.39 is 0 Å². The first-order valence-electron chi connectivity index (χ1n) is 10.9. The Labute approximate surface area is 203 Å². The Morgan fingerprint density at radius 2 is 2.06 bits per heavy atom. The van der Waals surface area contributed by atoms with E-state index >= 15 is 0 Å². The molecule has 1 unspecified atom stereocenters. The van der Waals surface area contributed by atoms with Gasteiger partial charge in [-0.05, 0) is 37.3 Å². The number of methoxy groups -OCH3 is 1. The molecule has 1 saturated heterocycles. The molecule has 2 heterocycles. The smallest absolute Gasteiger partial charge is 0.290 e. The Kier molecular flexibility index (Phi) is 12.0. The van der Waals surface area contributed by atoms with Crippen LogP contribution in [0.15, 0.2) is 24.3 Å². The predicted octanol–water partition coefficient (Wildman–Crippen LogP) is 3.91. The number of aromatic nitrogens is 2. The third-order valence-electron chi connectivity index (χ3n) is 5.60. The summed E-state index contributed by atoms with van der Waals surface area (Å²) < 4.78 is 7.23. The number of fused-ring (bicyclic) bond motifs is 1. The van der Waals surface area contributed by atoms with Gasteiger partial charge < -0.3 is 19.5 Å². The fourth-order valence-electron chi connectivity index (χ4n) is 4.16. The maximum absolute atomic E-state index is 13.8. The third kappa shape index (κ3) is 6.82. The van der Waals surface area contributed by atoms with Crippen LogP contribution in [0.2, 0.25) is 0 Å². The van der Waals surface area contributed by atoms with Crippen molar-refractivity contribution in [2.24, 2.45) is 11.8 Å². The quantitative estimate of drug-likeness (QED) is 0.546. The molecule has 0 bridgehead atoms. The number of rotatable bonds is 9. The van der Waals surface area contributed by atoms with Gasteiger partial charge in [-0.1, -0.05) is 26.0 Å². The van der Waals surface area contributed by atoms with E-state index in [-0.39, 0.29) is 42.7 Å². The maximum Gasteiger partial charge on any atom is 0.290 e. The van der Waals surface area contributed by atoms with Gasteiger partial charge in [0.15, 0.2) is 5.82 Å². The molecule has 9 heteroatoms. The fourth-order valence-corrected chi connectivity index (χ4v) is 4.16. The van der Waals surface area contributed by atoms with Crippen molar-refractivity contribution in [3.05, 3.63) is 30.1 Å². The highest BCUT2D eigenvalue weighted by Crippen LogP contribution is 2.23. The number of carbonyl (C=O) groups excluding carboxylic acids is 1. The third-order valence-corrected chi connectivity index (χ3v) is 5.60. The topological polar surface area (TPSA) is 83.2 Å². The molecule has 1 aliphatic heterocycles. The molecule has 2 atom stereocenters. The fraction of sp³-hybridized carbons (Fsp3) is 0.609. The minimum Gasteiger partial charge on any atom is -0.385 e. The lowest BCUT2D eigenvalue weighted by Crippen LogP contribution is -2.52. The van der Waals surface area contributed by atoms with Crippen molar-refractivity contribution in [3.8, 4) is 6.07 Å². The second-order valence-corrected chi connectivity index (χ2v) is 8.50. The molecule has 1 fully saturated rings. The van der Waals surface area contributed by atoms with Crippen molar-refractivity contribution in [1.29, 1.82) is 5.26 Å². The molecule has 0 aliphatic carbocycles. The van der Waals surface area contributed by atoms with Crippen LogP contribution in [0.4, 0.5) is 0 Å². The monoisotopic (exact) mass is 483 g/mol. The van der Waals surface area contributed by atoms with E-state index in [1.807, 2.05) is 29.2 Å². The van der Waals surface area contributed by atoms with Gasteiger partial charge in [0, 0.05) is 45.9 Å². The van der Waals surface area contributed by atoms with Crippen LogP contribution >= 0.6 is 24.8 Å². The average molecular weight is 484 g/mol. The number of aryl methyl sites for hydroxylation is 1. The second kappa shape index (κ2) is 13.6. The summed E-state index contributed by atoms with van der Waals surface area (Å²) in [7, 11) is 1.71. The van der Waals surface area contributed by atoms with Crippen LogP contribution in [-0.4, -0.2) is 59.8 Å². The van der Waals surface area contributed by atoms with Gasteiger partial charge in [-0.3, -0.25) is 4.79 Å². The van der Waals surface area contributed by atoms with Crippen molar-refractivity contribution >= 4 is 41.8 Å². The molecule has 3 rings (SSSR count). The lowest BCUT2D eigenvalue weighted by atomic mass is 9.95. The van der Waals surface area contributed by atoms with E-state index in [0.29, 0.717) is 44.4 Å². The number of carbonyl (C=O) groups is 1. The number of piperidine rings is 1. The highest BCUT2D eigenvalue weighted by atomic mass is 35.5. The van der Waals surface area contributed by atoms with E-state index in [9.17, 15) is 10.1 Å². The number of imidazole rings is 1. The van der Waals surface area contributed by atoms with Crippen LogP contribution < -0.4 is 5.32 Å². The summed E-state index contributed by atoms with van der Waals surface area (Å²) >= 11 is 0. The van der Waals surface area contributed by atoms with Gasteiger partial charge in [-0.15, -0.1) is 24.8 Å². The summed E-state index contributed by atoms with van der Waals surface area (Å²) in [5.74, 6) is 0.709. The van der Waals surface area contributed by atoms with Crippen LogP contribution in [0.5, 0.6) is 0 Å². The molecule has 7 nitrogen and oxygen atoms in total. The zero-order valence-corrected chi connectivity index (χ0v) is 20.8. The summed E-state index contributed by atoms with van der Waals surface area (Å²) in [6.07, 6.45) is 2.55. The molecular formula is C23H35Cl2N5O2. The highest BCUT2D eigenvalue weighted by Gasteiger charge is 2.32. The van der Waals surface area contributed by atoms with Crippen molar-refractivity contribution in [2.75, 3.05) is 33.4 Å². The van der Waals surface area contributed by atoms with E-state index in [0.717, 1.165) is 30.4 Å². The minimum absolute atomic E-state index is 0. The number of hydrogen-bond acceptors (Lipinski definition) is 5. The molecule has 1 aliphatic rings. The zero-order valence-electron chi connectivity index (χ0n) is 19.1. The molecule has 1 aromatic heterocycles. The Morgan fingerprint density at radius 3 is 2.75 bits per heavy atom. The molecule has 1 N–H and O–H groups in total. The average Bonchev–Trinajstić information content (AvgIpc) is 3.13. The number of amides is 1. The molecule has 0 radical (unpaired) electrons. The molecule has 1 aromatic carbocycles. The lowest BCUT2D eigenvalue weighted by molar-refractivity contribution is 0.0586. The van der Waals surface area contributed by atoms with Crippen molar-refractivity contribution < 1.29 is 9.53 Å². The second-order valence-electron chi connectivity index (χ2n) is 8.50. The van der Waals surface area contributed by atoms with Gasteiger partial charge in [0.05, 0.1) is 23.0 Å². The van der Waals surface area contributed by atoms with Crippen LogP contribution in [0, 0.1) is 23.2 Å². The van der Waals surface area contributed by atoms with Gasteiger partial charge in [-0.25, -0.2) is 4.98 Å². The number of nitrogens with zero attached hydrogens (tertiary/aromatic N) is 4. The lowest BCUT2D eigenvalue weighted by Gasteiger charge is -2.37. The predicted molar refractivity (Wildman–Crippen MR) is 132 cm³/mol.